The molecule has 1 aromatic carbocycles. The Labute approximate surface area is 162 Å². The van der Waals surface area contributed by atoms with Gasteiger partial charge in [-0.1, -0.05) is 6.07 Å². The van der Waals surface area contributed by atoms with Gasteiger partial charge < -0.3 is 15.1 Å². The molecule has 0 radical (unpaired) electrons. The van der Waals surface area contributed by atoms with Crippen molar-refractivity contribution in [2.75, 3.05) is 44.0 Å². The van der Waals surface area contributed by atoms with Gasteiger partial charge in [-0.15, -0.1) is 0 Å². The second kappa shape index (κ2) is 8.49. The zero-order chi connectivity index (χ0) is 19.5. The molecular weight excluding hydrogens is 422 g/mol. The Morgan fingerprint density at radius 3 is 2.50 bits per heavy atom. The molecule has 7 nitrogen and oxygen atoms in total. The number of nitrogens with one attached hydrogen (secondary N) is 1. The molecule has 1 saturated heterocycles. The van der Waals surface area contributed by atoms with Gasteiger partial charge >= 0.3 is 11.8 Å². The van der Waals surface area contributed by atoms with E-state index in [1.807, 2.05) is 38.1 Å². The van der Waals surface area contributed by atoms with Crippen LogP contribution in [0.15, 0.2) is 22.7 Å². The van der Waals surface area contributed by atoms with Gasteiger partial charge in [-0.2, -0.15) is 0 Å². The van der Waals surface area contributed by atoms with E-state index >= 15 is 0 Å². The highest BCUT2D eigenvalue weighted by atomic mass is 79.9. The predicted molar refractivity (Wildman–Crippen MR) is 105 cm³/mol. The fourth-order valence-electron chi connectivity index (χ4n) is 2.81. The maximum Gasteiger partial charge on any atom is 0.313 e. The van der Waals surface area contributed by atoms with Crippen LogP contribution in [0.25, 0.3) is 0 Å². The van der Waals surface area contributed by atoms with Gasteiger partial charge in [0, 0.05) is 23.6 Å². The number of likely N-dealkylation sites (N-methyl/N-ethyl adjacent to an activating group) is 1. The van der Waals surface area contributed by atoms with Crippen LogP contribution in [0.5, 0.6) is 0 Å². The van der Waals surface area contributed by atoms with Crippen molar-refractivity contribution in [3.63, 3.8) is 0 Å². The summed E-state index contributed by atoms with van der Waals surface area (Å²) in [5.41, 5.74) is 1.52. The second-order valence-corrected chi connectivity index (χ2v) is 9.88. The molecule has 2 rings (SSSR count). The summed E-state index contributed by atoms with van der Waals surface area (Å²) in [5, 5.41) is 2.61. The normalized spacial score (nSPS) is 18.7. The molecule has 1 unspecified atom stereocenters. The molecule has 0 aliphatic carbocycles. The Morgan fingerprint density at radius 1 is 1.27 bits per heavy atom. The molecule has 1 aromatic rings. The largest absolute Gasteiger partial charge is 0.329 e. The Balaban J connectivity index is 2.15. The topological polar surface area (TPSA) is 86.8 Å². The number of sulfone groups is 1. The average molecular weight is 446 g/mol. The number of benzene rings is 1. The van der Waals surface area contributed by atoms with Crippen LogP contribution in [0.3, 0.4) is 0 Å². The van der Waals surface area contributed by atoms with Gasteiger partial charge in [0.1, 0.15) is 0 Å². The second-order valence-electron chi connectivity index (χ2n) is 6.80. The van der Waals surface area contributed by atoms with Gasteiger partial charge in [0.25, 0.3) is 0 Å². The smallest absolute Gasteiger partial charge is 0.313 e. The molecule has 0 aromatic heterocycles. The third-order valence-corrected chi connectivity index (χ3v) is 6.67. The first-order chi connectivity index (χ1) is 12.1. The zero-order valence-electron chi connectivity index (χ0n) is 15.2. The highest BCUT2D eigenvalue weighted by molar-refractivity contribution is 9.10. The van der Waals surface area contributed by atoms with Crippen LogP contribution in [-0.2, 0) is 19.4 Å². The lowest BCUT2D eigenvalue weighted by atomic mass is 10.2. The maximum absolute atomic E-state index is 12.7. The van der Waals surface area contributed by atoms with Gasteiger partial charge in [-0.05, 0) is 61.1 Å². The number of rotatable bonds is 5. The Morgan fingerprint density at radius 2 is 1.96 bits per heavy atom. The Hall–Kier alpha value is -1.45. The monoisotopic (exact) mass is 445 g/mol. The fourth-order valence-corrected chi connectivity index (χ4v) is 5.13. The van der Waals surface area contributed by atoms with E-state index in [9.17, 15) is 18.0 Å². The number of nitrogens with zero attached hydrogens (tertiary/aromatic N) is 2. The first-order valence-corrected chi connectivity index (χ1v) is 10.9. The van der Waals surface area contributed by atoms with Gasteiger partial charge in [0.2, 0.25) is 0 Å². The summed E-state index contributed by atoms with van der Waals surface area (Å²) in [4.78, 5) is 28.5. The summed E-state index contributed by atoms with van der Waals surface area (Å²) < 4.78 is 24.3. The first-order valence-electron chi connectivity index (χ1n) is 8.32. The molecule has 1 heterocycles. The minimum absolute atomic E-state index is 0.0501. The maximum atomic E-state index is 12.7. The van der Waals surface area contributed by atoms with Crippen LogP contribution in [-0.4, -0.2) is 74.8 Å². The van der Waals surface area contributed by atoms with E-state index in [-0.39, 0.29) is 11.5 Å². The van der Waals surface area contributed by atoms with Gasteiger partial charge in [-0.3, -0.25) is 9.59 Å². The molecule has 1 fully saturated rings. The minimum atomic E-state index is -3.16. The van der Waals surface area contributed by atoms with Crippen LogP contribution < -0.4 is 5.32 Å². The molecule has 0 bridgehead atoms. The van der Waals surface area contributed by atoms with Crippen molar-refractivity contribution in [1.82, 2.24) is 9.80 Å². The summed E-state index contributed by atoms with van der Waals surface area (Å²) in [7, 11) is 0.562. The molecule has 1 aliphatic rings. The number of anilines is 1. The van der Waals surface area contributed by atoms with E-state index in [1.54, 1.807) is 6.07 Å². The molecule has 1 atom stereocenters. The van der Waals surface area contributed by atoms with Crippen LogP contribution >= 0.6 is 15.9 Å². The standard InChI is InChI=1S/C17H24BrN3O4S/c1-12-4-5-15(14(18)10-12)19-16(22)17(23)21(8-7-20(2)3)13-6-9-26(24,25)11-13/h4-5,10,13H,6-9,11H2,1-3H3,(H,19,22). The first kappa shape index (κ1) is 20.9. The zero-order valence-corrected chi connectivity index (χ0v) is 17.6. The number of halogens is 1. The quantitative estimate of drug-likeness (QED) is 0.689. The summed E-state index contributed by atoms with van der Waals surface area (Å²) in [6.45, 7) is 2.77. The average Bonchev–Trinajstić information content (AvgIpc) is 2.89. The number of hydrogen-bond donors (Lipinski definition) is 1. The van der Waals surface area contributed by atoms with Crippen molar-refractivity contribution in [2.45, 2.75) is 19.4 Å². The van der Waals surface area contributed by atoms with E-state index in [2.05, 4.69) is 21.2 Å². The third kappa shape index (κ3) is 5.52. The predicted octanol–water partition coefficient (Wildman–Crippen LogP) is 1.27. The van der Waals surface area contributed by atoms with Crippen LogP contribution in [0.4, 0.5) is 5.69 Å². The number of carbonyl (C=O) groups is 2. The molecule has 0 saturated carbocycles. The molecule has 0 spiro atoms. The van der Waals surface area contributed by atoms with Gasteiger partial charge in [0.05, 0.1) is 17.2 Å². The Bertz CT molecular complexity index is 795. The van der Waals surface area contributed by atoms with Gasteiger partial charge in [-0.25, -0.2) is 8.42 Å². The van der Waals surface area contributed by atoms with Crippen molar-refractivity contribution in [3.05, 3.63) is 28.2 Å². The lowest BCUT2D eigenvalue weighted by Crippen LogP contribution is -2.48. The van der Waals surface area contributed by atoms with E-state index < -0.39 is 27.7 Å². The fraction of sp³-hybridized carbons (Fsp3) is 0.529. The summed E-state index contributed by atoms with van der Waals surface area (Å²) in [6.07, 6.45) is 0.364. The van der Waals surface area contributed by atoms with E-state index in [0.717, 1.165) is 5.56 Å². The summed E-state index contributed by atoms with van der Waals surface area (Å²) in [6, 6.07) is 4.93. The highest BCUT2D eigenvalue weighted by Gasteiger charge is 2.36. The summed E-state index contributed by atoms with van der Waals surface area (Å²) in [5.74, 6) is -1.51. The molecular formula is C17H24BrN3O4S. The Kier molecular flexibility index (Phi) is 6.81. The summed E-state index contributed by atoms with van der Waals surface area (Å²) >= 11 is 3.37. The van der Waals surface area contributed by atoms with E-state index in [4.69, 9.17) is 0 Å². The number of hydrogen-bond acceptors (Lipinski definition) is 5. The van der Waals surface area contributed by atoms with Gasteiger partial charge in [0.15, 0.2) is 9.84 Å². The number of aryl methyl sites for hydroxylation is 1. The lowest BCUT2D eigenvalue weighted by Gasteiger charge is -2.29. The van der Waals surface area contributed by atoms with E-state index in [0.29, 0.717) is 29.7 Å². The highest BCUT2D eigenvalue weighted by Crippen LogP contribution is 2.24. The van der Waals surface area contributed by atoms with Crippen molar-refractivity contribution in [2.24, 2.45) is 0 Å². The molecule has 1 aliphatic heterocycles. The third-order valence-electron chi connectivity index (χ3n) is 4.27. The lowest BCUT2D eigenvalue weighted by molar-refractivity contribution is -0.144. The van der Waals surface area contributed by atoms with Crippen molar-refractivity contribution in [3.8, 4) is 0 Å². The van der Waals surface area contributed by atoms with Crippen molar-refractivity contribution in [1.29, 1.82) is 0 Å². The van der Waals surface area contributed by atoms with Crippen molar-refractivity contribution < 1.29 is 18.0 Å². The van der Waals surface area contributed by atoms with Crippen LogP contribution in [0, 0.1) is 6.92 Å². The number of carbonyl (C=O) groups excluding carboxylic acids is 2. The van der Waals surface area contributed by atoms with Crippen molar-refractivity contribution >= 4 is 43.3 Å². The van der Waals surface area contributed by atoms with Crippen LogP contribution in [0.2, 0.25) is 0 Å². The number of amides is 2. The van der Waals surface area contributed by atoms with Crippen LogP contribution in [0.1, 0.15) is 12.0 Å². The molecule has 1 N–H and O–H groups in total. The minimum Gasteiger partial charge on any atom is -0.329 e. The SMILES string of the molecule is Cc1ccc(NC(=O)C(=O)N(CCN(C)C)C2CCS(=O)(=O)C2)c(Br)c1. The molecule has 9 heteroatoms. The van der Waals surface area contributed by atoms with E-state index in [1.165, 1.54) is 4.90 Å². The molecule has 144 valence electrons. The molecule has 26 heavy (non-hydrogen) atoms. The molecule has 2 amide bonds.